The van der Waals surface area contributed by atoms with Gasteiger partial charge in [-0.15, -0.1) is 0 Å². The molecule has 1 aromatic carbocycles. The van der Waals surface area contributed by atoms with Gasteiger partial charge in [0.05, 0.1) is 12.7 Å². The maximum absolute atomic E-state index is 11.2. The molecule has 1 aromatic rings. The van der Waals surface area contributed by atoms with E-state index in [0.717, 1.165) is 12.8 Å². The summed E-state index contributed by atoms with van der Waals surface area (Å²) in [4.78, 5) is 12.7. The number of β-lactam (4-membered cyclic amide) rings is 1. The molecular weight excluding hydrogens is 204 g/mol. The molecule has 1 aliphatic rings. The van der Waals surface area contributed by atoms with Crippen molar-refractivity contribution in [2.75, 3.05) is 6.54 Å². The van der Waals surface area contributed by atoms with Crippen LogP contribution in [-0.4, -0.2) is 34.7 Å². The Balaban J connectivity index is 1.81. The van der Waals surface area contributed by atoms with Gasteiger partial charge in [0, 0.05) is 0 Å². The van der Waals surface area contributed by atoms with E-state index in [0.29, 0.717) is 6.54 Å². The Morgan fingerprint density at radius 3 is 2.69 bits per heavy atom. The number of hydrogen-bond acceptors (Lipinski definition) is 3. The van der Waals surface area contributed by atoms with E-state index in [-0.39, 0.29) is 12.1 Å². The molecular formula is C12H16N2O2. The molecule has 1 unspecified atom stereocenters. The third-order valence-corrected chi connectivity index (χ3v) is 2.91. The smallest absolute Gasteiger partial charge is 0.254 e. The molecule has 1 fully saturated rings. The second-order valence-electron chi connectivity index (χ2n) is 4.10. The van der Waals surface area contributed by atoms with Crippen LogP contribution < -0.4 is 5.73 Å². The zero-order chi connectivity index (χ0) is 11.5. The number of β-amino-alcohol motifs (C(OH)–C–C–N with tert-alkyl or cyclic N) is 1. The van der Waals surface area contributed by atoms with Gasteiger partial charge in [-0.1, -0.05) is 30.3 Å². The van der Waals surface area contributed by atoms with Gasteiger partial charge in [0.15, 0.2) is 6.10 Å². The molecule has 0 aromatic heterocycles. The second-order valence-corrected chi connectivity index (χ2v) is 4.10. The summed E-state index contributed by atoms with van der Waals surface area (Å²) in [5, 5.41) is 9.07. The first kappa shape index (κ1) is 11.1. The number of nitrogens with two attached hydrogens (primary N) is 1. The fourth-order valence-electron chi connectivity index (χ4n) is 1.85. The normalized spacial score (nSPS) is 21.8. The minimum atomic E-state index is -0.831. The lowest BCUT2D eigenvalue weighted by Gasteiger charge is -2.39. The Bertz CT molecular complexity index is 367. The van der Waals surface area contributed by atoms with E-state index >= 15 is 0 Å². The summed E-state index contributed by atoms with van der Waals surface area (Å²) in [7, 11) is 0. The molecule has 2 atom stereocenters. The molecule has 3 N–H and O–H groups in total. The average Bonchev–Trinajstić information content (AvgIpc) is 2.33. The molecule has 0 aliphatic carbocycles. The van der Waals surface area contributed by atoms with E-state index in [4.69, 9.17) is 10.8 Å². The topological polar surface area (TPSA) is 66.6 Å². The Kier molecular flexibility index (Phi) is 3.22. The number of aliphatic hydroxyl groups excluding tert-OH is 1. The van der Waals surface area contributed by atoms with Gasteiger partial charge in [-0.25, -0.2) is 0 Å². The molecule has 4 heteroatoms. The molecule has 2 rings (SSSR count). The summed E-state index contributed by atoms with van der Waals surface area (Å²) in [5.41, 5.74) is 7.09. The molecule has 1 amide bonds. The number of hydrogen-bond donors (Lipinski definition) is 2. The first-order valence-electron chi connectivity index (χ1n) is 5.46. The number of benzene rings is 1. The monoisotopic (exact) mass is 220 g/mol. The summed E-state index contributed by atoms with van der Waals surface area (Å²) in [6.07, 6.45) is 0.462. The fourth-order valence-corrected chi connectivity index (χ4v) is 1.85. The Morgan fingerprint density at radius 1 is 1.44 bits per heavy atom. The van der Waals surface area contributed by atoms with Crippen molar-refractivity contribution in [3.8, 4) is 0 Å². The SMILES string of the molecule is N[C@H](CCc1ccccc1)N1CC(O)C1=O. The molecule has 0 spiro atoms. The number of aliphatic hydroxyl groups is 1. The third-order valence-electron chi connectivity index (χ3n) is 2.91. The minimum absolute atomic E-state index is 0.249. The molecule has 16 heavy (non-hydrogen) atoms. The van der Waals surface area contributed by atoms with Crippen molar-refractivity contribution in [1.82, 2.24) is 4.90 Å². The number of likely N-dealkylation sites (tertiary alicyclic amines) is 1. The highest BCUT2D eigenvalue weighted by Gasteiger charge is 2.37. The van der Waals surface area contributed by atoms with Crippen LogP contribution >= 0.6 is 0 Å². The van der Waals surface area contributed by atoms with Crippen molar-refractivity contribution < 1.29 is 9.90 Å². The van der Waals surface area contributed by atoms with Crippen molar-refractivity contribution in [2.45, 2.75) is 25.1 Å². The van der Waals surface area contributed by atoms with Crippen molar-refractivity contribution in [3.63, 3.8) is 0 Å². The quantitative estimate of drug-likeness (QED) is 0.708. The highest BCUT2D eigenvalue weighted by molar-refractivity contribution is 5.86. The summed E-state index contributed by atoms with van der Waals surface area (Å²) in [6.45, 7) is 0.370. The van der Waals surface area contributed by atoms with Crippen LogP contribution in [0.15, 0.2) is 30.3 Å². The van der Waals surface area contributed by atoms with Gasteiger partial charge < -0.3 is 15.7 Å². The lowest BCUT2D eigenvalue weighted by Crippen LogP contribution is -2.62. The minimum Gasteiger partial charge on any atom is -0.381 e. The summed E-state index contributed by atoms with van der Waals surface area (Å²) < 4.78 is 0. The van der Waals surface area contributed by atoms with E-state index in [1.54, 1.807) is 0 Å². The van der Waals surface area contributed by atoms with Gasteiger partial charge in [0.25, 0.3) is 5.91 Å². The molecule has 4 nitrogen and oxygen atoms in total. The Hall–Kier alpha value is -1.39. The van der Waals surface area contributed by atoms with Crippen molar-refractivity contribution >= 4 is 5.91 Å². The van der Waals surface area contributed by atoms with Crippen molar-refractivity contribution in [1.29, 1.82) is 0 Å². The van der Waals surface area contributed by atoms with Crippen molar-refractivity contribution in [2.24, 2.45) is 5.73 Å². The number of rotatable bonds is 4. The molecule has 1 saturated heterocycles. The third kappa shape index (κ3) is 2.23. The largest absolute Gasteiger partial charge is 0.381 e. The molecule has 0 saturated carbocycles. The number of carbonyl (C=O) groups is 1. The fraction of sp³-hybridized carbons (Fsp3) is 0.417. The molecule has 86 valence electrons. The maximum atomic E-state index is 11.2. The summed E-state index contributed by atoms with van der Waals surface area (Å²) in [5.74, 6) is -0.249. The Morgan fingerprint density at radius 2 is 2.12 bits per heavy atom. The van der Waals surface area contributed by atoms with Crippen LogP contribution in [-0.2, 0) is 11.2 Å². The van der Waals surface area contributed by atoms with E-state index in [1.807, 2.05) is 30.3 Å². The first-order chi connectivity index (χ1) is 7.68. The highest BCUT2D eigenvalue weighted by atomic mass is 16.3. The lowest BCUT2D eigenvalue weighted by molar-refractivity contribution is -0.159. The molecule has 1 heterocycles. The van der Waals surface area contributed by atoms with Crippen LogP contribution in [0.3, 0.4) is 0 Å². The zero-order valence-corrected chi connectivity index (χ0v) is 9.04. The lowest BCUT2D eigenvalue weighted by atomic mass is 10.0. The molecule has 0 radical (unpaired) electrons. The molecule has 1 aliphatic heterocycles. The summed E-state index contributed by atoms with van der Waals surface area (Å²) >= 11 is 0. The van der Waals surface area contributed by atoms with Gasteiger partial charge in [-0.2, -0.15) is 0 Å². The number of nitrogens with zero attached hydrogens (tertiary/aromatic N) is 1. The van der Waals surface area contributed by atoms with E-state index in [9.17, 15) is 4.79 Å². The summed E-state index contributed by atoms with van der Waals surface area (Å²) in [6, 6.07) is 10.0. The van der Waals surface area contributed by atoms with Gasteiger partial charge in [0.1, 0.15) is 0 Å². The predicted octanol–water partition coefficient (Wildman–Crippen LogP) is 0.107. The Labute approximate surface area is 94.7 Å². The standard InChI is InChI=1S/C12H16N2O2/c13-11(14-8-10(15)12(14)16)7-6-9-4-2-1-3-5-9/h1-5,10-11,15H,6-8,13H2/t10?,11-/m0/s1. The van der Waals surface area contributed by atoms with Gasteiger partial charge in [-0.3, -0.25) is 4.79 Å². The van der Waals surface area contributed by atoms with Crippen LogP contribution in [0, 0.1) is 0 Å². The van der Waals surface area contributed by atoms with Crippen molar-refractivity contribution in [3.05, 3.63) is 35.9 Å². The van der Waals surface area contributed by atoms with Crippen LogP contribution in [0.2, 0.25) is 0 Å². The highest BCUT2D eigenvalue weighted by Crippen LogP contribution is 2.15. The number of amides is 1. The van der Waals surface area contributed by atoms with Crippen LogP contribution in [0.25, 0.3) is 0 Å². The maximum Gasteiger partial charge on any atom is 0.254 e. The van der Waals surface area contributed by atoms with Crippen LogP contribution in [0.1, 0.15) is 12.0 Å². The molecule has 0 bridgehead atoms. The van der Waals surface area contributed by atoms with E-state index < -0.39 is 6.10 Å². The van der Waals surface area contributed by atoms with Gasteiger partial charge >= 0.3 is 0 Å². The number of aryl methyl sites for hydroxylation is 1. The first-order valence-corrected chi connectivity index (χ1v) is 5.46. The van der Waals surface area contributed by atoms with E-state index in [1.165, 1.54) is 10.5 Å². The zero-order valence-electron chi connectivity index (χ0n) is 9.04. The van der Waals surface area contributed by atoms with Gasteiger partial charge in [-0.05, 0) is 18.4 Å². The van der Waals surface area contributed by atoms with E-state index in [2.05, 4.69) is 0 Å². The number of carbonyl (C=O) groups excluding carboxylic acids is 1. The average molecular weight is 220 g/mol. The van der Waals surface area contributed by atoms with Crippen LogP contribution in [0.4, 0.5) is 0 Å². The second kappa shape index (κ2) is 4.63. The van der Waals surface area contributed by atoms with Gasteiger partial charge in [0.2, 0.25) is 0 Å². The predicted molar refractivity (Wildman–Crippen MR) is 60.5 cm³/mol. The van der Waals surface area contributed by atoms with Crippen LogP contribution in [0.5, 0.6) is 0 Å².